The normalized spacial score (nSPS) is 10.5. The molecular weight excluding hydrogens is 302 g/mol. The number of carbonyl (C=O) groups excluding carboxylic acids is 1. The minimum absolute atomic E-state index is 0.163. The van der Waals surface area contributed by atoms with Gasteiger partial charge in [-0.1, -0.05) is 18.6 Å². The van der Waals surface area contributed by atoms with Crippen molar-refractivity contribution in [1.29, 1.82) is 0 Å². The minimum atomic E-state index is -1.25. The van der Waals surface area contributed by atoms with Gasteiger partial charge >= 0.3 is 11.9 Å². The van der Waals surface area contributed by atoms with Crippen LogP contribution in [0.25, 0.3) is 5.69 Å². The summed E-state index contributed by atoms with van der Waals surface area (Å²) in [5.41, 5.74) is 0.583. The van der Waals surface area contributed by atoms with Gasteiger partial charge < -0.3 is 10.2 Å². The van der Waals surface area contributed by atoms with Crippen LogP contribution in [0.5, 0.6) is 0 Å². The van der Waals surface area contributed by atoms with Gasteiger partial charge in [0.05, 0.1) is 22.5 Å². The number of aromatic nitrogens is 3. The Morgan fingerprint density at radius 3 is 2.26 bits per heavy atom. The van der Waals surface area contributed by atoms with Crippen molar-refractivity contribution in [2.75, 3.05) is 0 Å². The number of carbonyl (C=O) groups is 3. The molecule has 0 aliphatic carbocycles. The SMILES string of the molecule is CCCCc1c(C=O)nnn1-c1cc(C(=O)O)cc(C(=O)O)c1. The average Bonchev–Trinajstić information content (AvgIpc) is 2.95. The Bertz CT molecular complexity index is 734. The van der Waals surface area contributed by atoms with E-state index in [0.29, 0.717) is 18.4 Å². The van der Waals surface area contributed by atoms with Crippen molar-refractivity contribution >= 4 is 18.2 Å². The number of carboxylic acids is 2. The number of hydrogen-bond donors (Lipinski definition) is 2. The number of hydrogen-bond acceptors (Lipinski definition) is 5. The highest BCUT2D eigenvalue weighted by atomic mass is 16.4. The highest BCUT2D eigenvalue weighted by Crippen LogP contribution is 2.18. The number of benzene rings is 1. The molecule has 8 nitrogen and oxygen atoms in total. The number of rotatable bonds is 7. The molecule has 0 unspecified atom stereocenters. The number of unbranched alkanes of at least 4 members (excludes halogenated alkanes) is 1. The van der Waals surface area contributed by atoms with E-state index < -0.39 is 11.9 Å². The summed E-state index contributed by atoms with van der Waals surface area (Å²) in [6.45, 7) is 1.99. The quantitative estimate of drug-likeness (QED) is 0.747. The van der Waals surface area contributed by atoms with E-state index >= 15 is 0 Å². The van der Waals surface area contributed by atoms with Crippen LogP contribution in [0, 0.1) is 0 Å². The zero-order valence-corrected chi connectivity index (χ0v) is 12.4. The molecule has 0 aliphatic heterocycles. The molecule has 0 saturated carbocycles. The molecule has 0 aliphatic rings. The third-order valence-corrected chi connectivity index (χ3v) is 3.33. The molecule has 0 fully saturated rings. The van der Waals surface area contributed by atoms with Gasteiger partial charge in [0.25, 0.3) is 0 Å². The first kappa shape index (κ1) is 16.3. The second-order valence-corrected chi connectivity index (χ2v) is 4.93. The summed E-state index contributed by atoms with van der Waals surface area (Å²) in [6.07, 6.45) is 2.78. The molecule has 1 aromatic heterocycles. The van der Waals surface area contributed by atoms with Gasteiger partial charge in [-0.25, -0.2) is 14.3 Å². The van der Waals surface area contributed by atoms with Crippen molar-refractivity contribution in [3.8, 4) is 5.69 Å². The van der Waals surface area contributed by atoms with E-state index in [2.05, 4.69) is 10.3 Å². The molecule has 0 atom stereocenters. The van der Waals surface area contributed by atoms with Crippen molar-refractivity contribution in [3.05, 3.63) is 40.7 Å². The summed E-state index contributed by atoms with van der Waals surface area (Å²) < 4.78 is 1.32. The smallest absolute Gasteiger partial charge is 0.335 e. The highest BCUT2D eigenvalue weighted by Gasteiger charge is 2.17. The lowest BCUT2D eigenvalue weighted by molar-refractivity contribution is 0.0696. The first-order valence-corrected chi connectivity index (χ1v) is 6.99. The van der Waals surface area contributed by atoms with Crippen molar-refractivity contribution in [2.45, 2.75) is 26.2 Å². The molecule has 0 spiro atoms. The molecule has 0 saturated heterocycles. The second-order valence-electron chi connectivity index (χ2n) is 4.93. The summed E-state index contributed by atoms with van der Waals surface area (Å²) >= 11 is 0. The molecule has 8 heteroatoms. The van der Waals surface area contributed by atoms with Gasteiger partial charge in [0.1, 0.15) is 5.69 Å². The van der Waals surface area contributed by atoms with Crippen LogP contribution in [-0.4, -0.2) is 43.4 Å². The fourth-order valence-electron chi connectivity index (χ4n) is 2.17. The Morgan fingerprint density at radius 2 is 1.78 bits per heavy atom. The molecule has 1 heterocycles. The maximum Gasteiger partial charge on any atom is 0.335 e. The van der Waals surface area contributed by atoms with E-state index in [1.54, 1.807) is 0 Å². The van der Waals surface area contributed by atoms with E-state index in [1.807, 2.05) is 6.92 Å². The lowest BCUT2D eigenvalue weighted by Gasteiger charge is -2.09. The average molecular weight is 317 g/mol. The predicted molar refractivity (Wildman–Crippen MR) is 79.3 cm³/mol. The van der Waals surface area contributed by atoms with E-state index in [0.717, 1.165) is 18.9 Å². The molecule has 0 bridgehead atoms. The summed E-state index contributed by atoms with van der Waals surface area (Å²) in [7, 11) is 0. The van der Waals surface area contributed by atoms with Crippen molar-refractivity contribution < 1.29 is 24.6 Å². The van der Waals surface area contributed by atoms with Crippen molar-refractivity contribution in [3.63, 3.8) is 0 Å². The molecular formula is C15H15N3O5. The summed E-state index contributed by atoms with van der Waals surface area (Å²) in [4.78, 5) is 33.4. The summed E-state index contributed by atoms with van der Waals surface area (Å²) in [5, 5.41) is 25.9. The Morgan fingerprint density at radius 1 is 1.17 bits per heavy atom. The third kappa shape index (κ3) is 3.42. The minimum Gasteiger partial charge on any atom is -0.478 e. The Kier molecular flexibility index (Phi) is 4.85. The number of aldehydes is 1. The van der Waals surface area contributed by atoms with Crippen LogP contribution in [0.4, 0.5) is 0 Å². The molecule has 120 valence electrons. The van der Waals surface area contributed by atoms with E-state index in [9.17, 15) is 14.4 Å². The van der Waals surface area contributed by atoms with Crippen LogP contribution < -0.4 is 0 Å². The number of aromatic carboxylic acids is 2. The van der Waals surface area contributed by atoms with Gasteiger partial charge in [-0.15, -0.1) is 5.10 Å². The maximum absolute atomic E-state index is 11.2. The molecule has 2 N–H and O–H groups in total. The fraction of sp³-hybridized carbons (Fsp3) is 0.267. The molecule has 2 aromatic rings. The Hall–Kier alpha value is -3.03. The highest BCUT2D eigenvalue weighted by molar-refractivity contribution is 5.94. The Balaban J connectivity index is 2.61. The Labute approximate surface area is 131 Å². The molecule has 2 rings (SSSR count). The summed E-state index contributed by atoms with van der Waals surface area (Å²) in [6, 6.07) is 3.67. The standard InChI is InChI=1S/C15H15N3O5/c1-2-3-4-13-12(8-19)16-17-18(13)11-6-9(14(20)21)5-10(7-11)15(22)23/h5-8H,2-4H2,1H3,(H,20,21)(H,22,23). The molecule has 23 heavy (non-hydrogen) atoms. The van der Waals surface area contributed by atoms with Crippen LogP contribution in [0.15, 0.2) is 18.2 Å². The van der Waals surface area contributed by atoms with E-state index in [4.69, 9.17) is 10.2 Å². The predicted octanol–water partition coefficient (Wildman–Crippen LogP) is 1.82. The van der Waals surface area contributed by atoms with Gasteiger partial charge in [0.15, 0.2) is 6.29 Å². The summed E-state index contributed by atoms with van der Waals surface area (Å²) in [5.74, 6) is -2.50. The van der Waals surface area contributed by atoms with E-state index in [-0.39, 0.29) is 22.5 Å². The fourth-order valence-corrected chi connectivity index (χ4v) is 2.17. The first-order chi connectivity index (χ1) is 11.0. The number of carboxylic acid groups (broad SMARTS) is 2. The monoisotopic (exact) mass is 317 g/mol. The van der Waals surface area contributed by atoms with Gasteiger partial charge in [0, 0.05) is 0 Å². The lowest BCUT2D eigenvalue weighted by Crippen LogP contribution is -2.09. The zero-order chi connectivity index (χ0) is 17.0. The van der Waals surface area contributed by atoms with Gasteiger partial charge in [-0.05, 0) is 31.0 Å². The third-order valence-electron chi connectivity index (χ3n) is 3.33. The topological polar surface area (TPSA) is 122 Å². The van der Waals surface area contributed by atoms with Crippen LogP contribution >= 0.6 is 0 Å². The molecule has 1 aromatic carbocycles. The van der Waals surface area contributed by atoms with Gasteiger partial charge in [0.2, 0.25) is 0 Å². The molecule has 0 radical (unpaired) electrons. The first-order valence-electron chi connectivity index (χ1n) is 6.99. The van der Waals surface area contributed by atoms with Gasteiger partial charge in [-0.3, -0.25) is 4.79 Å². The van der Waals surface area contributed by atoms with Crippen LogP contribution in [0.2, 0.25) is 0 Å². The maximum atomic E-state index is 11.2. The van der Waals surface area contributed by atoms with Crippen molar-refractivity contribution in [2.24, 2.45) is 0 Å². The molecule has 0 amide bonds. The van der Waals surface area contributed by atoms with Crippen LogP contribution in [0.1, 0.15) is 56.7 Å². The second kappa shape index (κ2) is 6.82. The number of nitrogens with zero attached hydrogens (tertiary/aromatic N) is 3. The zero-order valence-electron chi connectivity index (χ0n) is 12.4. The van der Waals surface area contributed by atoms with Crippen molar-refractivity contribution in [1.82, 2.24) is 15.0 Å². The van der Waals surface area contributed by atoms with Crippen LogP contribution in [0.3, 0.4) is 0 Å². The van der Waals surface area contributed by atoms with E-state index in [1.165, 1.54) is 16.8 Å². The van der Waals surface area contributed by atoms with Crippen LogP contribution in [-0.2, 0) is 6.42 Å². The van der Waals surface area contributed by atoms with Gasteiger partial charge in [-0.2, -0.15) is 0 Å². The largest absolute Gasteiger partial charge is 0.478 e. The lowest BCUT2D eigenvalue weighted by atomic mass is 10.1.